The van der Waals surface area contributed by atoms with Crippen LogP contribution in [0, 0.1) is 0 Å². The second-order valence-corrected chi connectivity index (χ2v) is 11.0. The van der Waals surface area contributed by atoms with Crippen LogP contribution >= 0.6 is 0 Å². The van der Waals surface area contributed by atoms with Crippen LogP contribution in [0.2, 0.25) is 0 Å². The molecule has 0 radical (unpaired) electrons. The second kappa shape index (κ2) is 10.4. The molecule has 8 nitrogen and oxygen atoms in total. The van der Waals surface area contributed by atoms with Crippen molar-refractivity contribution in [2.75, 3.05) is 7.11 Å². The molecule has 2 N–H and O–H groups in total. The fraction of sp³-hybridized carbons (Fsp3) is 0.179. The molecule has 9 heteroatoms. The Morgan fingerprint density at radius 3 is 2.19 bits per heavy atom. The number of nitrogens with one attached hydrogen (secondary N) is 2. The number of carbonyl (C=O) groups excluding carboxylic acids is 1. The molecule has 0 aliphatic carbocycles. The third kappa shape index (κ3) is 6.50. The van der Waals surface area contributed by atoms with Gasteiger partial charge in [0.05, 0.1) is 19.6 Å². The first kappa shape index (κ1) is 25.8. The Morgan fingerprint density at radius 2 is 1.54 bits per heavy atom. The summed E-state index contributed by atoms with van der Waals surface area (Å²) in [7, 11) is -2.69. The lowest BCUT2D eigenvalue weighted by atomic mass is 10.1. The third-order valence-electron chi connectivity index (χ3n) is 5.29. The summed E-state index contributed by atoms with van der Waals surface area (Å²) in [5, 5.41) is 2.60. The third-order valence-corrected chi connectivity index (χ3v) is 6.64. The molecule has 2 amide bonds. The molecule has 192 valence electrons. The van der Waals surface area contributed by atoms with Crippen LogP contribution in [0.25, 0.3) is 22.3 Å². The van der Waals surface area contributed by atoms with Crippen LogP contribution in [-0.4, -0.2) is 27.1 Å². The van der Waals surface area contributed by atoms with Crippen LogP contribution in [0.4, 0.5) is 4.79 Å². The maximum absolute atomic E-state index is 13.3. The largest absolute Gasteiger partial charge is 0.497 e. The topological polar surface area (TPSA) is 107 Å². The lowest BCUT2D eigenvalue weighted by Crippen LogP contribution is -2.48. The van der Waals surface area contributed by atoms with Gasteiger partial charge in [0, 0.05) is 11.1 Å². The summed E-state index contributed by atoms with van der Waals surface area (Å²) >= 11 is 0. The van der Waals surface area contributed by atoms with E-state index in [-0.39, 0.29) is 10.6 Å². The number of hydrogen-bond donors (Lipinski definition) is 2. The molecule has 0 aliphatic rings. The molecule has 0 bridgehead atoms. The molecular weight excluding hydrogens is 492 g/mol. The van der Waals surface area contributed by atoms with E-state index < -0.39 is 21.6 Å². The van der Waals surface area contributed by atoms with Crippen LogP contribution in [-0.2, 0) is 10.0 Å². The Hall–Kier alpha value is -4.24. The van der Waals surface area contributed by atoms with Crippen molar-refractivity contribution in [3.8, 4) is 39.5 Å². The smallest absolute Gasteiger partial charge is 0.329 e. The molecule has 3 aromatic carbocycles. The molecular formula is C28H28N2O6S. The summed E-state index contributed by atoms with van der Waals surface area (Å²) in [6, 6.07) is 20.4. The molecule has 0 spiro atoms. The molecule has 0 aliphatic heterocycles. The normalized spacial score (nSPS) is 11.6. The summed E-state index contributed by atoms with van der Waals surface area (Å²) in [5.74, 6) is 1.24. The van der Waals surface area contributed by atoms with E-state index in [1.54, 1.807) is 52.1 Å². The van der Waals surface area contributed by atoms with Crippen molar-refractivity contribution in [3.05, 3.63) is 85.3 Å². The zero-order valence-electron chi connectivity index (χ0n) is 20.9. The molecule has 0 saturated heterocycles. The fourth-order valence-corrected chi connectivity index (χ4v) is 4.67. The minimum absolute atomic E-state index is 0.0650. The van der Waals surface area contributed by atoms with Gasteiger partial charge in [0.2, 0.25) is 0 Å². The van der Waals surface area contributed by atoms with Gasteiger partial charge in [-0.2, -0.15) is 0 Å². The Kier molecular flexibility index (Phi) is 7.26. The summed E-state index contributed by atoms with van der Waals surface area (Å²) < 4.78 is 45.1. The Bertz CT molecular complexity index is 1490. The number of benzene rings is 3. The average Bonchev–Trinajstić information content (AvgIpc) is 3.38. The molecule has 1 aromatic heterocycles. The zero-order chi connectivity index (χ0) is 26.6. The highest BCUT2D eigenvalue weighted by molar-refractivity contribution is 7.90. The molecule has 4 rings (SSSR count). The molecule has 0 saturated carbocycles. The fourth-order valence-electron chi connectivity index (χ4n) is 3.60. The van der Waals surface area contributed by atoms with E-state index in [0.717, 1.165) is 16.9 Å². The predicted molar refractivity (Wildman–Crippen MR) is 141 cm³/mol. The van der Waals surface area contributed by atoms with Gasteiger partial charge in [-0.25, -0.2) is 17.9 Å². The molecule has 4 aromatic rings. The highest BCUT2D eigenvalue weighted by Crippen LogP contribution is 2.35. The van der Waals surface area contributed by atoms with Gasteiger partial charge in [-0.3, -0.25) is 0 Å². The van der Waals surface area contributed by atoms with Crippen LogP contribution in [0.5, 0.6) is 17.2 Å². The van der Waals surface area contributed by atoms with Gasteiger partial charge in [0.15, 0.2) is 0 Å². The maximum atomic E-state index is 13.3. The monoisotopic (exact) mass is 520 g/mol. The number of ether oxygens (including phenoxy) is 2. The van der Waals surface area contributed by atoms with Gasteiger partial charge in [-0.05, 0) is 79.9 Å². The van der Waals surface area contributed by atoms with E-state index in [2.05, 4.69) is 10.0 Å². The van der Waals surface area contributed by atoms with Crippen molar-refractivity contribution in [2.45, 2.75) is 31.2 Å². The minimum atomic E-state index is -4.30. The van der Waals surface area contributed by atoms with Crippen molar-refractivity contribution in [1.29, 1.82) is 0 Å². The highest BCUT2D eigenvalue weighted by atomic mass is 32.2. The van der Waals surface area contributed by atoms with Gasteiger partial charge in [0.25, 0.3) is 10.0 Å². The van der Waals surface area contributed by atoms with E-state index in [4.69, 9.17) is 13.9 Å². The molecule has 1 heterocycles. The number of hydrogen-bond acceptors (Lipinski definition) is 6. The first-order chi connectivity index (χ1) is 17.5. The molecule has 0 fully saturated rings. The van der Waals surface area contributed by atoms with E-state index >= 15 is 0 Å². The highest BCUT2D eigenvalue weighted by Gasteiger charge is 2.25. The first-order valence-corrected chi connectivity index (χ1v) is 13.0. The van der Waals surface area contributed by atoms with Gasteiger partial charge in [-0.1, -0.05) is 30.3 Å². The number of furan rings is 1. The standard InChI is InChI=1S/C28H28N2O6S/c1-28(2,3)29-27(31)30-37(32,33)26-17-21(22-14-15-35-18-22)10-13-25(26)36-24-7-5-6-20(16-24)19-8-11-23(34-4)12-9-19/h5-18H,1-4H3,(H2,29,30,31). The number of amides is 2. The molecule has 37 heavy (non-hydrogen) atoms. The van der Waals surface area contributed by atoms with Crippen molar-refractivity contribution >= 4 is 16.1 Å². The van der Waals surface area contributed by atoms with E-state index in [0.29, 0.717) is 16.9 Å². The Labute approximate surface area is 216 Å². The second-order valence-electron chi connectivity index (χ2n) is 9.34. The lowest BCUT2D eigenvalue weighted by molar-refractivity contribution is 0.237. The lowest BCUT2D eigenvalue weighted by Gasteiger charge is -2.21. The minimum Gasteiger partial charge on any atom is -0.497 e. The summed E-state index contributed by atoms with van der Waals surface area (Å²) in [4.78, 5) is 12.2. The number of methoxy groups -OCH3 is 1. The Balaban J connectivity index is 1.69. The molecule has 0 atom stereocenters. The van der Waals surface area contributed by atoms with Gasteiger partial charge in [-0.15, -0.1) is 0 Å². The zero-order valence-corrected chi connectivity index (χ0v) is 21.8. The number of urea groups is 1. The predicted octanol–water partition coefficient (Wildman–Crippen LogP) is 6.20. The summed E-state index contributed by atoms with van der Waals surface area (Å²) in [6.07, 6.45) is 3.00. The summed E-state index contributed by atoms with van der Waals surface area (Å²) in [5.41, 5.74) is 2.46. The number of carbonyl (C=O) groups is 1. The van der Waals surface area contributed by atoms with Crippen molar-refractivity contribution in [2.24, 2.45) is 0 Å². The SMILES string of the molecule is COc1ccc(-c2cccc(Oc3ccc(-c4ccoc4)cc3S(=O)(=O)NC(=O)NC(C)(C)C)c2)cc1. The van der Waals surface area contributed by atoms with Crippen molar-refractivity contribution < 1.29 is 27.1 Å². The van der Waals surface area contributed by atoms with Crippen LogP contribution in [0.3, 0.4) is 0 Å². The number of rotatable bonds is 7. The van der Waals surface area contributed by atoms with E-state index in [9.17, 15) is 13.2 Å². The van der Waals surface area contributed by atoms with E-state index in [1.807, 2.05) is 42.5 Å². The molecule has 0 unspecified atom stereocenters. The van der Waals surface area contributed by atoms with Crippen molar-refractivity contribution in [1.82, 2.24) is 10.0 Å². The van der Waals surface area contributed by atoms with Gasteiger partial charge >= 0.3 is 6.03 Å². The van der Waals surface area contributed by atoms with Crippen LogP contribution < -0.4 is 19.5 Å². The van der Waals surface area contributed by atoms with E-state index in [1.165, 1.54) is 18.6 Å². The quantitative estimate of drug-likeness (QED) is 0.300. The summed E-state index contributed by atoms with van der Waals surface area (Å²) in [6.45, 7) is 5.26. The maximum Gasteiger partial charge on any atom is 0.329 e. The Morgan fingerprint density at radius 1 is 0.838 bits per heavy atom. The van der Waals surface area contributed by atoms with Crippen LogP contribution in [0.1, 0.15) is 20.8 Å². The van der Waals surface area contributed by atoms with Crippen LogP contribution in [0.15, 0.2) is 94.6 Å². The van der Waals surface area contributed by atoms with Gasteiger partial charge < -0.3 is 19.2 Å². The average molecular weight is 521 g/mol. The van der Waals surface area contributed by atoms with Crippen molar-refractivity contribution in [3.63, 3.8) is 0 Å². The number of sulfonamides is 1. The first-order valence-electron chi connectivity index (χ1n) is 11.5. The van der Waals surface area contributed by atoms with Gasteiger partial charge in [0.1, 0.15) is 22.1 Å².